The number of halogens is 3. The lowest BCUT2D eigenvalue weighted by Gasteiger charge is -2.31. The number of hydrazine groups is 1. The summed E-state index contributed by atoms with van der Waals surface area (Å²) >= 11 is 0. The van der Waals surface area contributed by atoms with E-state index in [1.165, 1.54) is 28.2 Å². The van der Waals surface area contributed by atoms with Gasteiger partial charge in [0.2, 0.25) is 5.91 Å². The molecule has 0 aliphatic carbocycles. The highest BCUT2D eigenvalue weighted by Gasteiger charge is 2.38. The van der Waals surface area contributed by atoms with Gasteiger partial charge in [0.1, 0.15) is 0 Å². The summed E-state index contributed by atoms with van der Waals surface area (Å²) in [6.07, 6.45) is -3.67. The minimum Gasteiger partial charge on any atom is -0.330 e. The fraction of sp³-hybridized carbons (Fsp3) is 0.462. The first kappa shape index (κ1) is 14.6. The number of hydrogen-bond acceptors (Lipinski definition) is 3. The highest BCUT2D eigenvalue weighted by atomic mass is 19.4. The van der Waals surface area contributed by atoms with Crippen LogP contribution in [0.15, 0.2) is 24.3 Å². The van der Waals surface area contributed by atoms with E-state index in [9.17, 15) is 18.0 Å². The van der Waals surface area contributed by atoms with Gasteiger partial charge < -0.3 is 5.73 Å². The summed E-state index contributed by atoms with van der Waals surface area (Å²) in [6, 6.07) is 5.29. The molecule has 1 aliphatic rings. The number of alkyl halides is 3. The van der Waals surface area contributed by atoms with Gasteiger partial charge >= 0.3 is 6.18 Å². The number of hydrogen-bond donors (Lipinski definition) is 1. The number of anilines is 1. The Kier molecular flexibility index (Phi) is 4.17. The van der Waals surface area contributed by atoms with Crippen LogP contribution in [-0.2, 0) is 11.0 Å². The Hall–Kier alpha value is -1.76. The topological polar surface area (TPSA) is 49.6 Å². The van der Waals surface area contributed by atoms with Crippen molar-refractivity contribution in [3.8, 4) is 0 Å². The first-order valence-electron chi connectivity index (χ1n) is 6.39. The summed E-state index contributed by atoms with van der Waals surface area (Å²) in [5.74, 6) is -0.171. The van der Waals surface area contributed by atoms with E-state index in [-0.39, 0.29) is 24.6 Å². The normalized spacial score (nSPS) is 16.1. The van der Waals surface area contributed by atoms with Crippen LogP contribution in [0.3, 0.4) is 0 Å². The van der Waals surface area contributed by atoms with Crippen molar-refractivity contribution >= 4 is 11.6 Å². The molecule has 0 bridgehead atoms. The smallest absolute Gasteiger partial charge is 0.330 e. The summed E-state index contributed by atoms with van der Waals surface area (Å²) in [4.78, 5) is 11.8. The fourth-order valence-electron chi connectivity index (χ4n) is 2.26. The molecular formula is C13H16F3N3O. The lowest BCUT2D eigenvalue weighted by atomic mass is 10.1. The van der Waals surface area contributed by atoms with Gasteiger partial charge in [-0.15, -0.1) is 0 Å². The highest BCUT2D eigenvalue weighted by Crippen LogP contribution is 2.38. The SMILES string of the molecule is NCCCN1C(=O)CCN1c1ccccc1C(F)(F)F. The second kappa shape index (κ2) is 5.70. The molecule has 0 unspecified atom stereocenters. The van der Waals surface area contributed by atoms with Gasteiger partial charge in [0, 0.05) is 19.5 Å². The van der Waals surface area contributed by atoms with E-state index in [1.807, 2.05) is 0 Å². The van der Waals surface area contributed by atoms with Crippen molar-refractivity contribution in [3.63, 3.8) is 0 Å². The third-order valence-electron chi connectivity index (χ3n) is 3.18. The minimum absolute atomic E-state index is 0.0165. The van der Waals surface area contributed by atoms with E-state index >= 15 is 0 Å². The molecule has 0 radical (unpaired) electrons. The van der Waals surface area contributed by atoms with E-state index in [1.54, 1.807) is 0 Å². The zero-order chi connectivity index (χ0) is 14.8. The third kappa shape index (κ3) is 2.87. The average Bonchev–Trinajstić information content (AvgIpc) is 2.76. The van der Waals surface area contributed by atoms with E-state index in [0.29, 0.717) is 19.5 Å². The number of rotatable bonds is 4. The maximum absolute atomic E-state index is 13.0. The number of benzene rings is 1. The summed E-state index contributed by atoms with van der Waals surface area (Å²) in [5.41, 5.74) is 4.69. The Bertz CT molecular complexity index is 490. The van der Waals surface area contributed by atoms with Crippen molar-refractivity contribution in [2.45, 2.75) is 19.0 Å². The highest BCUT2D eigenvalue weighted by molar-refractivity contribution is 5.82. The number of nitrogens with zero attached hydrogens (tertiary/aromatic N) is 2. The molecule has 1 heterocycles. The molecule has 1 fully saturated rings. The molecule has 0 atom stereocenters. The number of amides is 1. The van der Waals surface area contributed by atoms with Crippen LogP contribution >= 0.6 is 0 Å². The maximum Gasteiger partial charge on any atom is 0.418 e. The van der Waals surface area contributed by atoms with Gasteiger partial charge in [0.25, 0.3) is 0 Å². The molecule has 1 saturated heterocycles. The van der Waals surface area contributed by atoms with Crippen molar-refractivity contribution in [3.05, 3.63) is 29.8 Å². The fourth-order valence-corrected chi connectivity index (χ4v) is 2.26. The standard InChI is InChI=1S/C13H16F3N3O/c14-13(15,16)10-4-1-2-5-11(10)18-9-6-12(20)19(18)8-3-7-17/h1-2,4-5H,3,6-9,17H2. The summed E-state index contributed by atoms with van der Waals surface area (Å²) in [7, 11) is 0. The predicted octanol–water partition coefficient (Wildman–Crippen LogP) is 2.01. The lowest BCUT2D eigenvalue weighted by Crippen LogP contribution is -2.41. The molecule has 0 saturated carbocycles. The van der Waals surface area contributed by atoms with E-state index in [4.69, 9.17) is 5.73 Å². The van der Waals surface area contributed by atoms with Gasteiger partial charge in [0.15, 0.2) is 0 Å². The van der Waals surface area contributed by atoms with Gasteiger partial charge in [-0.1, -0.05) is 12.1 Å². The molecule has 0 spiro atoms. The Morgan fingerprint density at radius 3 is 2.60 bits per heavy atom. The number of carbonyl (C=O) groups is 1. The molecule has 7 heteroatoms. The predicted molar refractivity (Wildman–Crippen MR) is 68.8 cm³/mol. The zero-order valence-corrected chi connectivity index (χ0v) is 10.9. The molecule has 1 aromatic rings. The van der Waals surface area contributed by atoms with Crippen molar-refractivity contribution < 1.29 is 18.0 Å². The van der Waals surface area contributed by atoms with Crippen LogP contribution in [0, 0.1) is 0 Å². The number of nitrogens with two attached hydrogens (primary N) is 1. The van der Waals surface area contributed by atoms with Crippen LogP contribution in [0.1, 0.15) is 18.4 Å². The monoisotopic (exact) mass is 287 g/mol. The van der Waals surface area contributed by atoms with Crippen molar-refractivity contribution in [1.82, 2.24) is 5.01 Å². The summed E-state index contributed by atoms with van der Waals surface area (Å²) in [6.45, 7) is 0.983. The largest absolute Gasteiger partial charge is 0.418 e. The van der Waals surface area contributed by atoms with E-state index < -0.39 is 11.7 Å². The van der Waals surface area contributed by atoms with Gasteiger partial charge in [-0.25, -0.2) is 0 Å². The van der Waals surface area contributed by atoms with Gasteiger partial charge in [0.05, 0.1) is 11.3 Å². The van der Waals surface area contributed by atoms with Crippen LogP contribution < -0.4 is 10.7 Å². The molecule has 1 aromatic carbocycles. The quantitative estimate of drug-likeness (QED) is 0.921. The Balaban J connectivity index is 2.33. The van der Waals surface area contributed by atoms with E-state index in [0.717, 1.165) is 6.07 Å². The summed E-state index contributed by atoms with van der Waals surface area (Å²) < 4.78 is 39.1. The van der Waals surface area contributed by atoms with Crippen LogP contribution in [0.5, 0.6) is 0 Å². The average molecular weight is 287 g/mol. The molecule has 1 aliphatic heterocycles. The second-order valence-corrected chi connectivity index (χ2v) is 4.55. The van der Waals surface area contributed by atoms with Gasteiger partial charge in [-0.3, -0.25) is 14.8 Å². The Morgan fingerprint density at radius 2 is 1.95 bits per heavy atom. The number of para-hydroxylation sites is 1. The molecule has 4 nitrogen and oxygen atoms in total. The first-order chi connectivity index (χ1) is 9.45. The van der Waals surface area contributed by atoms with Gasteiger partial charge in [-0.2, -0.15) is 13.2 Å². The number of carbonyl (C=O) groups excluding carboxylic acids is 1. The maximum atomic E-state index is 13.0. The zero-order valence-electron chi connectivity index (χ0n) is 10.9. The molecule has 110 valence electrons. The van der Waals surface area contributed by atoms with E-state index in [2.05, 4.69) is 0 Å². The summed E-state index contributed by atoms with van der Waals surface area (Å²) in [5, 5.41) is 2.76. The van der Waals surface area contributed by atoms with Crippen LogP contribution in [0.4, 0.5) is 18.9 Å². The van der Waals surface area contributed by atoms with Crippen LogP contribution in [0.2, 0.25) is 0 Å². The second-order valence-electron chi connectivity index (χ2n) is 4.55. The molecule has 2 N–H and O–H groups in total. The third-order valence-corrected chi connectivity index (χ3v) is 3.18. The molecule has 0 aromatic heterocycles. The van der Waals surface area contributed by atoms with Crippen molar-refractivity contribution in [1.29, 1.82) is 0 Å². The Labute approximate surface area is 114 Å². The first-order valence-corrected chi connectivity index (χ1v) is 6.39. The minimum atomic E-state index is -4.44. The van der Waals surface area contributed by atoms with Crippen molar-refractivity contribution in [2.75, 3.05) is 24.6 Å². The molecule has 1 amide bonds. The molecule has 2 rings (SSSR count). The van der Waals surface area contributed by atoms with Crippen molar-refractivity contribution in [2.24, 2.45) is 5.73 Å². The van der Waals surface area contributed by atoms with Crippen LogP contribution in [-0.4, -0.2) is 30.6 Å². The molecular weight excluding hydrogens is 271 g/mol. The van der Waals surface area contributed by atoms with Crippen LogP contribution in [0.25, 0.3) is 0 Å². The lowest BCUT2D eigenvalue weighted by molar-refractivity contribution is -0.138. The van der Waals surface area contributed by atoms with Gasteiger partial charge in [-0.05, 0) is 25.1 Å². The Morgan fingerprint density at radius 1 is 1.25 bits per heavy atom. The molecule has 20 heavy (non-hydrogen) atoms.